The van der Waals surface area contributed by atoms with Gasteiger partial charge in [-0.25, -0.2) is 0 Å². The Kier molecular flexibility index (Phi) is 9.96. The Balaban J connectivity index is 0.000000186. The Morgan fingerprint density at radius 1 is 0.848 bits per heavy atom. The van der Waals surface area contributed by atoms with E-state index >= 15 is 0 Å². The number of nitriles is 1. The first-order valence-electron chi connectivity index (χ1n) is 11.9. The lowest BCUT2D eigenvalue weighted by Gasteiger charge is -2.26. The Hall–Kier alpha value is -1.69. The number of nitrogens with zero attached hydrogens (tertiary/aromatic N) is 3. The van der Waals surface area contributed by atoms with Crippen LogP contribution in [0, 0.1) is 11.3 Å². The van der Waals surface area contributed by atoms with Crippen LogP contribution in [-0.2, 0) is 12.8 Å². The lowest BCUT2D eigenvalue weighted by molar-refractivity contribution is 0.0717. The molecule has 2 aliphatic rings. The first-order valence-corrected chi connectivity index (χ1v) is 14.3. The van der Waals surface area contributed by atoms with Crippen molar-refractivity contribution >= 4 is 50.4 Å². The number of hydrogen-bond acceptors (Lipinski definition) is 5. The molecule has 0 bridgehead atoms. The highest BCUT2D eigenvalue weighted by Crippen LogP contribution is 2.30. The van der Waals surface area contributed by atoms with Gasteiger partial charge < -0.3 is 9.80 Å². The van der Waals surface area contributed by atoms with Crippen molar-refractivity contribution in [3.05, 3.63) is 41.7 Å². The summed E-state index contributed by atoms with van der Waals surface area (Å²) in [6, 6.07) is 6.06. The van der Waals surface area contributed by atoms with Crippen LogP contribution in [0.1, 0.15) is 87.7 Å². The van der Waals surface area contributed by atoms with Gasteiger partial charge in [-0.2, -0.15) is 5.26 Å². The number of piperidine rings is 2. The smallest absolute Gasteiger partial charge is 0.256 e. The van der Waals surface area contributed by atoms with Crippen molar-refractivity contribution in [2.24, 2.45) is 0 Å². The molecule has 178 valence electrons. The standard InChI is InChI=1S/C13H16N2OS.C12H16BrNOS/c1-2-10-8-11(12(9-14)17-10)13(16)15-6-4-3-5-7-15;1-2-9-8-10(11(13)16-9)12(15)14-6-4-3-5-7-14/h8H,2-7H2,1H3;8H,2-7H2,1H3. The Morgan fingerprint density at radius 2 is 1.30 bits per heavy atom. The number of carbonyl (C=O) groups is 2. The lowest BCUT2D eigenvalue weighted by atomic mass is 10.1. The summed E-state index contributed by atoms with van der Waals surface area (Å²) in [5.41, 5.74) is 1.46. The number of aryl methyl sites for hydroxylation is 2. The number of hydrogen-bond donors (Lipinski definition) is 0. The fraction of sp³-hybridized carbons (Fsp3) is 0.560. The number of carbonyl (C=O) groups excluding carboxylic acids is 2. The first-order chi connectivity index (χ1) is 16.0. The first kappa shape index (κ1) is 25.9. The quantitative estimate of drug-likeness (QED) is 0.436. The van der Waals surface area contributed by atoms with Crippen molar-refractivity contribution in [3.63, 3.8) is 0 Å². The van der Waals surface area contributed by atoms with E-state index in [0.717, 1.165) is 78.9 Å². The van der Waals surface area contributed by atoms with Crippen molar-refractivity contribution in [1.29, 1.82) is 5.26 Å². The summed E-state index contributed by atoms with van der Waals surface area (Å²) in [5.74, 6) is 0.236. The van der Waals surface area contributed by atoms with E-state index in [-0.39, 0.29) is 11.8 Å². The normalized spacial score (nSPS) is 16.1. The van der Waals surface area contributed by atoms with Crippen LogP contribution in [-0.4, -0.2) is 47.8 Å². The van der Waals surface area contributed by atoms with Crippen LogP contribution in [0.15, 0.2) is 15.9 Å². The summed E-state index contributed by atoms with van der Waals surface area (Å²) in [4.78, 5) is 31.4. The van der Waals surface area contributed by atoms with Gasteiger partial charge in [0.25, 0.3) is 11.8 Å². The van der Waals surface area contributed by atoms with Crippen molar-refractivity contribution in [2.75, 3.05) is 26.2 Å². The van der Waals surface area contributed by atoms with Crippen LogP contribution >= 0.6 is 38.6 Å². The van der Waals surface area contributed by atoms with Crippen molar-refractivity contribution in [1.82, 2.24) is 9.80 Å². The Labute approximate surface area is 213 Å². The molecule has 2 aromatic rings. The third-order valence-electron chi connectivity index (χ3n) is 6.07. The van der Waals surface area contributed by atoms with Gasteiger partial charge in [-0.05, 0) is 79.4 Å². The molecule has 0 N–H and O–H groups in total. The maximum Gasteiger partial charge on any atom is 0.256 e. The van der Waals surface area contributed by atoms with Gasteiger partial charge in [-0.1, -0.05) is 13.8 Å². The van der Waals surface area contributed by atoms with E-state index in [4.69, 9.17) is 5.26 Å². The minimum absolute atomic E-state index is 0.0391. The number of thiophene rings is 2. The minimum atomic E-state index is 0.0391. The molecule has 0 unspecified atom stereocenters. The zero-order valence-corrected chi connectivity index (χ0v) is 22.7. The highest BCUT2D eigenvalue weighted by Gasteiger charge is 2.23. The van der Waals surface area contributed by atoms with Crippen LogP contribution in [0.3, 0.4) is 0 Å². The van der Waals surface area contributed by atoms with Gasteiger partial charge in [0.2, 0.25) is 0 Å². The molecular weight excluding hydrogens is 518 g/mol. The van der Waals surface area contributed by atoms with Gasteiger partial charge in [-0.3, -0.25) is 9.59 Å². The van der Waals surface area contributed by atoms with Crippen molar-refractivity contribution < 1.29 is 9.59 Å². The van der Waals surface area contributed by atoms with Crippen LogP contribution in [0.5, 0.6) is 0 Å². The van der Waals surface area contributed by atoms with E-state index in [1.54, 1.807) is 11.3 Å². The van der Waals surface area contributed by atoms with Crippen LogP contribution in [0.2, 0.25) is 0 Å². The average molecular weight is 551 g/mol. The predicted molar refractivity (Wildman–Crippen MR) is 139 cm³/mol. The summed E-state index contributed by atoms with van der Waals surface area (Å²) in [6.45, 7) is 7.67. The molecule has 5 nitrogen and oxygen atoms in total. The maximum atomic E-state index is 12.3. The number of amides is 2. The molecule has 4 heterocycles. The third kappa shape index (κ3) is 6.68. The summed E-state index contributed by atoms with van der Waals surface area (Å²) < 4.78 is 0.986. The number of likely N-dealkylation sites (tertiary alicyclic amines) is 2. The molecule has 2 aromatic heterocycles. The molecule has 33 heavy (non-hydrogen) atoms. The highest BCUT2D eigenvalue weighted by molar-refractivity contribution is 9.11. The van der Waals surface area contributed by atoms with Crippen LogP contribution in [0.4, 0.5) is 0 Å². The van der Waals surface area contributed by atoms with Crippen molar-refractivity contribution in [3.8, 4) is 6.07 Å². The summed E-state index contributed by atoms with van der Waals surface area (Å²) in [6.07, 6.45) is 8.80. The third-order valence-corrected chi connectivity index (χ3v) is 9.23. The second-order valence-corrected chi connectivity index (χ2v) is 12.0. The molecule has 8 heteroatoms. The predicted octanol–water partition coefficient (Wildman–Crippen LogP) is 6.51. The van der Waals surface area contributed by atoms with Crippen LogP contribution in [0.25, 0.3) is 0 Å². The molecule has 0 radical (unpaired) electrons. The fourth-order valence-electron chi connectivity index (χ4n) is 4.13. The summed E-state index contributed by atoms with van der Waals surface area (Å²) >= 11 is 6.62. The molecular formula is C25H32BrN3O2S2. The number of halogens is 1. The second kappa shape index (κ2) is 12.7. The summed E-state index contributed by atoms with van der Waals surface area (Å²) in [7, 11) is 0. The van der Waals surface area contributed by atoms with Gasteiger partial charge in [0.15, 0.2) is 0 Å². The van der Waals surface area contributed by atoms with E-state index in [9.17, 15) is 9.59 Å². The molecule has 2 aliphatic heterocycles. The molecule has 2 saturated heterocycles. The van der Waals surface area contributed by atoms with Crippen LogP contribution < -0.4 is 0 Å². The van der Waals surface area contributed by atoms with Gasteiger partial charge in [0.05, 0.1) is 14.9 Å². The van der Waals surface area contributed by atoms with E-state index in [2.05, 4.69) is 28.9 Å². The van der Waals surface area contributed by atoms with E-state index in [1.165, 1.54) is 29.1 Å². The zero-order valence-electron chi connectivity index (χ0n) is 19.5. The largest absolute Gasteiger partial charge is 0.339 e. The molecule has 4 rings (SSSR count). The SMILES string of the molecule is CCc1cc(C(=O)N2CCCCC2)c(Br)s1.CCc1cc(C(=O)N2CCCCC2)c(C#N)s1. The maximum absolute atomic E-state index is 12.3. The highest BCUT2D eigenvalue weighted by atomic mass is 79.9. The monoisotopic (exact) mass is 549 g/mol. The average Bonchev–Trinajstić information content (AvgIpc) is 3.47. The van der Waals surface area contributed by atoms with Gasteiger partial charge in [-0.15, -0.1) is 22.7 Å². The molecule has 0 atom stereocenters. The number of rotatable bonds is 4. The minimum Gasteiger partial charge on any atom is -0.339 e. The zero-order chi connectivity index (χ0) is 23.8. The second-order valence-electron chi connectivity index (χ2n) is 8.38. The molecule has 0 saturated carbocycles. The van der Waals surface area contributed by atoms with E-state index < -0.39 is 0 Å². The van der Waals surface area contributed by atoms with Gasteiger partial charge >= 0.3 is 0 Å². The fourth-order valence-corrected chi connectivity index (χ4v) is 6.73. The molecule has 0 aromatic carbocycles. The van der Waals surface area contributed by atoms with Gasteiger partial charge in [0.1, 0.15) is 10.9 Å². The molecule has 0 aliphatic carbocycles. The molecule has 0 spiro atoms. The van der Waals surface area contributed by atoms with Gasteiger partial charge in [0, 0.05) is 35.9 Å². The Morgan fingerprint density at radius 3 is 1.76 bits per heavy atom. The van der Waals surface area contributed by atoms with Crippen molar-refractivity contribution in [2.45, 2.75) is 65.2 Å². The lowest BCUT2D eigenvalue weighted by Crippen LogP contribution is -2.35. The molecule has 2 amide bonds. The molecule has 2 fully saturated rings. The van der Waals surface area contributed by atoms with E-state index in [0.29, 0.717) is 10.4 Å². The Bertz CT molecular complexity index is 996. The topological polar surface area (TPSA) is 64.4 Å². The van der Waals surface area contributed by atoms with E-state index in [1.807, 2.05) is 28.9 Å². The summed E-state index contributed by atoms with van der Waals surface area (Å²) in [5, 5.41) is 9.06.